The maximum absolute atomic E-state index is 13.1. The predicted molar refractivity (Wildman–Crippen MR) is 118 cm³/mol. The molecule has 1 aliphatic rings. The standard InChI is InChI=1S/C23H29F3N4O3/c1-15(2)11-19(29-7-9-33-10-8-29)14-27-22(32)21-20(31)12-16(3)30(28-21)18-6-4-5-17(13-18)23(24,25)26/h4-6,12-13,15,19H,7-11,14H2,1-3H3,(H,27,32). The minimum Gasteiger partial charge on any atom is -0.379 e. The van der Waals surface area contributed by atoms with Crippen molar-refractivity contribution < 1.29 is 22.7 Å². The molecule has 180 valence electrons. The second kappa shape index (κ2) is 10.5. The molecule has 2 heterocycles. The van der Waals surface area contributed by atoms with Gasteiger partial charge in [-0.25, -0.2) is 4.68 Å². The summed E-state index contributed by atoms with van der Waals surface area (Å²) >= 11 is 0. The van der Waals surface area contributed by atoms with Gasteiger partial charge in [-0.15, -0.1) is 0 Å². The summed E-state index contributed by atoms with van der Waals surface area (Å²) in [5.74, 6) is -0.242. The molecule has 0 spiro atoms. The summed E-state index contributed by atoms with van der Waals surface area (Å²) in [7, 11) is 0. The molecule has 1 aromatic heterocycles. The molecule has 0 radical (unpaired) electrons. The highest BCUT2D eigenvalue weighted by molar-refractivity contribution is 5.92. The fraction of sp³-hybridized carbons (Fsp3) is 0.522. The normalized spacial score (nSPS) is 16.1. The summed E-state index contributed by atoms with van der Waals surface area (Å²) < 4.78 is 45.9. The number of alkyl halides is 3. The number of aryl methyl sites for hydroxylation is 1. The molecule has 2 aromatic rings. The number of ether oxygens (including phenoxy) is 1. The molecule has 1 unspecified atom stereocenters. The molecular weight excluding hydrogens is 437 g/mol. The van der Waals surface area contributed by atoms with Crippen LogP contribution in [0.5, 0.6) is 0 Å². The number of hydrogen-bond donors (Lipinski definition) is 1. The molecule has 0 saturated carbocycles. The van der Waals surface area contributed by atoms with Crippen LogP contribution in [0.25, 0.3) is 5.69 Å². The summed E-state index contributed by atoms with van der Waals surface area (Å²) in [6.45, 7) is 8.86. The van der Waals surface area contributed by atoms with Gasteiger partial charge in [-0.2, -0.15) is 18.3 Å². The smallest absolute Gasteiger partial charge is 0.379 e. The zero-order valence-corrected chi connectivity index (χ0v) is 19.0. The molecule has 1 aliphatic heterocycles. The van der Waals surface area contributed by atoms with E-state index in [1.807, 2.05) is 0 Å². The molecule has 0 bridgehead atoms. The van der Waals surface area contributed by atoms with E-state index in [1.54, 1.807) is 6.92 Å². The van der Waals surface area contributed by atoms with E-state index in [9.17, 15) is 22.8 Å². The molecule has 1 aromatic carbocycles. The van der Waals surface area contributed by atoms with Crippen LogP contribution >= 0.6 is 0 Å². The maximum Gasteiger partial charge on any atom is 0.416 e. The van der Waals surface area contributed by atoms with Crippen LogP contribution in [0.1, 0.15) is 42.0 Å². The van der Waals surface area contributed by atoms with Gasteiger partial charge in [0.15, 0.2) is 5.69 Å². The Bertz CT molecular complexity index is 1030. The fourth-order valence-corrected chi connectivity index (χ4v) is 3.92. The first-order valence-corrected chi connectivity index (χ1v) is 10.9. The first kappa shape index (κ1) is 24.9. The van der Waals surface area contributed by atoms with Gasteiger partial charge < -0.3 is 10.1 Å². The van der Waals surface area contributed by atoms with Crippen molar-refractivity contribution in [2.24, 2.45) is 5.92 Å². The molecule has 0 aliphatic carbocycles. The van der Waals surface area contributed by atoms with E-state index in [-0.39, 0.29) is 17.4 Å². The molecule has 1 saturated heterocycles. The van der Waals surface area contributed by atoms with E-state index in [4.69, 9.17) is 4.74 Å². The van der Waals surface area contributed by atoms with Crippen LogP contribution in [0.3, 0.4) is 0 Å². The highest BCUT2D eigenvalue weighted by Gasteiger charge is 2.31. The Morgan fingerprint density at radius 3 is 2.55 bits per heavy atom. The Balaban J connectivity index is 1.82. The van der Waals surface area contributed by atoms with Crippen molar-refractivity contribution in [3.05, 3.63) is 57.5 Å². The lowest BCUT2D eigenvalue weighted by Crippen LogP contribution is -2.49. The van der Waals surface area contributed by atoms with Crippen molar-refractivity contribution in [1.29, 1.82) is 0 Å². The van der Waals surface area contributed by atoms with Crippen molar-refractivity contribution in [3.8, 4) is 5.69 Å². The van der Waals surface area contributed by atoms with Crippen molar-refractivity contribution in [2.45, 2.75) is 39.4 Å². The van der Waals surface area contributed by atoms with Gasteiger partial charge in [0.2, 0.25) is 5.43 Å². The minimum absolute atomic E-state index is 0.0778. The van der Waals surface area contributed by atoms with Crippen molar-refractivity contribution >= 4 is 5.91 Å². The van der Waals surface area contributed by atoms with E-state index >= 15 is 0 Å². The lowest BCUT2D eigenvalue weighted by atomic mass is 10.0. The van der Waals surface area contributed by atoms with Gasteiger partial charge in [0.1, 0.15) is 0 Å². The third kappa shape index (κ3) is 6.42. The van der Waals surface area contributed by atoms with Gasteiger partial charge in [-0.3, -0.25) is 14.5 Å². The highest BCUT2D eigenvalue weighted by atomic mass is 19.4. The Hall–Kier alpha value is -2.72. The number of carbonyl (C=O) groups excluding carboxylic acids is 1. The zero-order chi connectivity index (χ0) is 24.2. The number of rotatable bonds is 7. The van der Waals surface area contributed by atoms with E-state index in [2.05, 4.69) is 29.2 Å². The quantitative estimate of drug-likeness (QED) is 0.679. The minimum atomic E-state index is -4.52. The van der Waals surface area contributed by atoms with Gasteiger partial charge in [0, 0.05) is 37.4 Å². The van der Waals surface area contributed by atoms with Gasteiger partial charge in [-0.1, -0.05) is 19.9 Å². The first-order chi connectivity index (χ1) is 15.6. The number of halogens is 3. The summed E-state index contributed by atoms with van der Waals surface area (Å²) in [6.07, 6.45) is -3.66. The number of benzene rings is 1. The fourth-order valence-electron chi connectivity index (χ4n) is 3.92. The van der Waals surface area contributed by atoms with E-state index in [1.165, 1.54) is 22.9 Å². The number of hydrogen-bond acceptors (Lipinski definition) is 5. The zero-order valence-electron chi connectivity index (χ0n) is 19.0. The Labute approximate surface area is 190 Å². The number of nitrogens with zero attached hydrogens (tertiary/aromatic N) is 3. The first-order valence-electron chi connectivity index (χ1n) is 10.9. The topological polar surface area (TPSA) is 76.5 Å². The molecule has 33 heavy (non-hydrogen) atoms. The lowest BCUT2D eigenvalue weighted by Gasteiger charge is -2.35. The number of morpholine rings is 1. The molecular formula is C23H29F3N4O3. The van der Waals surface area contributed by atoms with Crippen LogP contribution < -0.4 is 10.7 Å². The van der Waals surface area contributed by atoms with Crippen LogP contribution in [0, 0.1) is 12.8 Å². The number of amides is 1. The van der Waals surface area contributed by atoms with E-state index in [0.717, 1.165) is 31.6 Å². The maximum atomic E-state index is 13.1. The van der Waals surface area contributed by atoms with Crippen molar-refractivity contribution in [2.75, 3.05) is 32.8 Å². The van der Waals surface area contributed by atoms with Crippen LogP contribution in [0.4, 0.5) is 13.2 Å². The average molecular weight is 467 g/mol. The SMILES string of the molecule is Cc1cc(=O)c(C(=O)NCC(CC(C)C)N2CCOCC2)nn1-c1cccc(C(F)(F)F)c1. The molecule has 1 fully saturated rings. The predicted octanol–water partition coefficient (Wildman–Crippen LogP) is 3.04. The van der Waals surface area contributed by atoms with Gasteiger partial charge in [0.25, 0.3) is 5.91 Å². The molecule has 7 nitrogen and oxygen atoms in total. The molecule has 3 rings (SSSR count). The third-order valence-electron chi connectivity index (χ3n) is 5.54. The van der Waals surface area contributed by atoms with E-state index < -0.39 is 23.1 Å². The van der Waals surface area contributed by atoms with Crippen LogP contribution in [0.15, 0.2) is 35.1 Å². The van der Waals surface area contributed by atoms with Crippen LogP contribution in [0.2, 0.25) is 0 Å². The monoisotopic (exact) mass is 466 g/mol. The molecule has 1 atom stereocenters. The van der Waals surface area contributed by atoms with Crippen LogP contribution in [-0.2, 0) is 10.9 Å². The van der Waals surface area contributed by atoms with Crippen molar-refractivity contribution in [3.63, 3.8) is 0 Å². The number of aromatic nitrogens is 2. The van der Waals surface area contributed by atoms with Crippen molar-refractivity contribution in [1.82, 2.24) is 20.0 Å². The third-order valence-corrected chi connectivity index (χ3v) is 5.54. The number of carbonyl (C=O) groups is 1. The van der Waals surface area contributed by atoms with Gasteiger partial charge in [0.05, 0.1) is 24.5 Å². The summed E-state index contributed by atoms with van der Waals surface area (Å²) in [4.78, 5) is 27.6. The summed E-state index contributed by atoms with van der Waals surface area (Å²) in [5.41, 5.74) is -1.35. The molecule has 10 heteroatoms. The number of nitrogens with one attached hydrogen (secondary N) is 1. The van der Waals surface area contributed by atoms with E-state index in [0.29, 0.717) is 31.4 Å². The second-order valence-electron chi connectivity index (χ2n) is 8.60. The van der Waals surface area contributed by atoms with Gasteiger partial charge >= 0.3 is 6.18 Å². The second-order valence-corrected chi connectivity index (χ2v) is 8.60. The summed E-state index contributed by atoms with van der Waals surface area (Å²) in [6, 6.07) is 5.87. The highest BCUT2D eigenvalue weighted by Crippen LogP contribution is 2.30. The largest absolute Gasteiger partial charge is 0.416 e. The Morgan fingerprint density at radius 2 is 1.91 bits per heavy atom. The molecule has 1 amide bonds. The van der Waals surface area contributed by atoms with Gasteiger partial charge in [-0.05, 0) is 37.5 Å². The average Bonchev–Trinajstić information content (AvgIpc) is 2.76. The van der Waals surface area contributed by atoms with Crippen LogP contribution in [-0.4, -0.2) is 59.5 Å². The molecule has 1 N–H and O–H groups in total. The summed E-state index contributed by atoms with van der Waals surface area (Å²) in [5, 5.41) is 6.91. The Kier molecular flexibility index (Phi) is 7.91. The Morgan fingerprint density at radius 1 is 1.21 bits per heavy atom. The lowest BCUT2D eigenvalue weighted by molar-refractivity contribution is -0.137.